The van der Waals surface area contributed by atoms with E-state index in [-0.39, 0.29) is 18.3 Å². The third kappa shape index (κ3) is 3.15. The van der Waals surface area contributed by atoms with Crippen molar-refractivity contribution in [3.63, 3.8) is 0 Å². The Labute approximate surface area is 143 Å². The van der Waals surface area contributed by atoms with Crippen LogP contribution < -0.4 is 4.74 Å². The maximum absolute atomic E-state index is 10.6. The van der Waals surface area contributed by atoms with E-state index in [9.17, 15) is 5.11 Å². The first-order chi connectivity index (χ1) is 11.8. The van der Waals surface area contributed by atoms with Crippen molar-refractivity contribution in [1.82, 2.24) is 0 Å². The van der Waals surface area contributed by atoms with Gasteiger partial charge in [0.05, 0.1) is 12.7 Å². The fourth-order valence-electron chi connectivity index (χ4n) is 4.15. The molecule has 0 amide bonds. The summed E-state index contributed by atoms with van der Waals surface area (Å²) in [6, 6.07) is 12.6. The van der Waals surface area contributed by atoms with Crippen LogP contribution in [0.25, 0.3) is 10.8 Å². The maximum Gasteiger partial charge on any atom is 0.199 e. The first-order valence-corrected chi connectivity index (χ1v) is 9.31. The number of hydrogen-bond donors (Lipinski definition) is 1. The van der Waals surface area contributed by atoms with Gasteiger partial charge < -0.3 is 14.6 Å². The van der Waals surface area contributed by atoms with Crippen molar-refractivity contribution in [2.24, 2.45) is 0 Å². The topological polar surface area (TPSA) is 38.7 Å². The van der Waals surface area contributed by atoms with E-state index in [0.717, 1.165) is 50.9 Å². The van der Waals surface area contributed by atoms with Gasteiger partial charge in [0, 0.05) is 17.9 Å². The Morgan fingerprint density at radius 1 is 0.917 bits per heavy atom. The van der Waals surface area contributed by atoms with Gasteiger partial charge >= 0.3 is 0 Å². The zero-order chi connectivity index (χ0) is 16.4. The summed E-state index contributed by atoms with van der Waals surface area (Å²) in [6.45, 7) is 0.777. The van der Waals surface area contributed by atoms with Gasteiger partial charge in [0.1, 0.15) is 5.75 Å². The Morgan fingerprint density at radius 3 is 2.58 bits per heavy atom. The van der Waals surface area contributed by atoms with Crippen molar-refractivity contribution >= 4 is 10.8 Å². The molecule has 1 saturated carbocycles. The van der Waals surface area contributed by atoms with E-state index in [1.165, 1.54) is 22.8 Å². The van der Waals surface area contributed by atoms with Crippen LogP contribution in [0.15, 0.2) is 36.4 Å². The molecule has 3 atom stereocenters. The summed E-state index contributed by atoms with van der Waals surface area (Å²) in [5, 5.41) is 13.0. The second-order valence-corrected chi connectivity index (χ2v) is 7.07. The molecule has 0 radical (unpaired) electrons. The number of aliphatic hydroxyl groups is 1. The van der Waals surface area contributed by atoms with Crippen molar-refractivity contribution in [3.05, 3.63) is 42.0 Å². The van der Waals surface area contributed by atoms with E-state index in [2.05, 4.69) is 36.4 Å². The third-order valence-corrected chi connectivity index (χ3v) is 5.43. The molecular formula is C21H26O3. The van der Waals surface area contributed by atoms with Gasteiger partial charge in [-0.1, -0.05) is 43.2 Å². The molecule has 4 rings (SSSR count). The van der Waals surface area contributed by atoms with Crippen LogP contribution in [0.1, 0.15) is 56.4 Å². The minimum atomic E-state index is -0.279. The van der Waals surface area contributed by atoms with E-state index < -0.39 is 0 Å². The highest BCUT2D eigenvalue weighted by Gasteiger charge is 2.29. The van der Waals surface area contributed by atoms with E-state index in [1.54, 1.807) is 0 Å². The standard InChI is InChI=1S/C21H26O3/c22-18-10-4-3-9-17(18)21-16-8-2-1-7-15(16)12-13-19(21)24-20-11-5-6-14-23-20/h1-2,7-8,12-13,17-18,20,22H,3-6,9-11,14H2/t17-,18+,20+/m1/s1. The average molecular weight is 326 g/mol. The lowest BCUT2D eigenvalue weighted by Gasteiger charge is -2.32. The molecule has 2 aromatic rings. The van der Waals surface area contributed by atoms with Crippen LogP contribution in [-0.2, 0) is 4.74 Å². The minimum Gasteiger partial charge on any atom is -0.465 e. The molecule has 1 heterocycles. The lowest BCUT2D eigenvalue weighted by atomic mass is 9.79. The van der Waals surface area contributed by atoms with Gasteiger partial charge in [-0.05, 0) is 42.5 Å². The predicted molar refractivity (Wildman–Crippen MR) is 95.4 cm³/mol. The quantitative estimate of drug-likeness (QED) is 0.883. The van der Waals surface area contributed by atoms with Gasteiger partial charge in [-0.25, -0.2) is 0 Å². The van der Waals surface area contributed by atoms with Gasteiger partial charge in [0.2, 0.25) is 0 Å². The van der Waals surface area contributed by atoms with E-state index >= 15 is 0 Å². The second-order valence-electron chi connectivity index (χ2n) is 7.07. The molecule has 0 unspecified atom stereocenters. The lowest BCUT2D eigenvalue weighted by molar-refractivity contribution is -0.106. The molecule has 1 aliphatic heterocycles. The number of hydrogen-bond acceptors (Lipinski definition) is 3. The number of aliphatic hydroxyl groups excluding tert-OH is 1. The Bertz CT molecular complexity index is 691. The molecule has 0 spiro atoms. The van der Waals surface area contributed by atoms with Crippen LogP contribution in [0.4, 0.5) is 0 Å². The van der Waals surface area contributed by atoms with Gasteiger partial charge in [0.25, 0.3) is 0 Å². The largest absolute Gasteiger partial charge is 0.465 e. The summed E-state index contributed by atoms with van der Waals surface area (Å²) in [7, 11) is 0. The highest BCUT2D eigenvalue weighted by Crippen LogP contribution is 2.42. The third-order valence-electron chi connectivity index (χ3n) is 5.43. The molecule has 3 nitrogen and oxygen atoms in total. The molecule has 24 heavy (non-hydrogen) atoms. The summed E-state index contributed by atoms with van der Waals surface area (Å²) >= 11 is 0. The van der Waals surface area contributed by atoms with Gasteiger partial charge in [-0.2, -0.15) is 0 Å². The van der Waals surface area contributed by atoms with Crippen molar-refractivity contribution < 1.29 is 14.6 Å². The highest BCUT2D eigenvalue weighted by molar-refractivity contribution is 5.88. The lowest BCUT2D eigenvalue weighted by Crippen LogP contribution is -2.27. The van der Waals surface area contributed by atoms with E-state index in [1.807, 2.05) is 0 Å². The van der Waals surface area contributed by atoms with E-state index in [0.29, 0.717) is 0 Å². The highest BCUT2D eigenvalue weighted by atomic mass is 16.7. The zero-order valence-corrected chi connectivity index (χ0v) is 14.1. The number of ether oxygens (including phenoxy) is 2. The molecule has 1 saturated heterocycles. The number of rotatable bonds is 3. The molecule has 0 bridgehead atoms. The smallest absolute Gasteiger partial charge is 0.199 e. The van der Waals surface area contributed by atoms with Gasteiger partial charge in [-0.3, -0.25) is 0 Å². The Balaban J connectivity index is 1.75. The molecular weight excluding hydrogens is 300 g/mol. The molecule has 128 valence electrons. The predicted octanol–water partition coefficient (Wildman–Crippen LogP) is 4.76. The van der Waals surface area contributed by atoms with Crippen LogP contribution in [0.2, 0.25) is 0 Å². The van der Waals surface area contributed by atoms with Crippen LogP contribution in [0, 0.1) is 0 Å². The molecule has 1 N–H and O–H groups in total. The summed E-state index contributed by atoms with van der Waals surface area (Å²) in [5.74, 6) is 1.05. The van der Waals surface area contributed by atoms with Crippen molar-refractivity contribution in [2.45, 2.75) is 63.3 Å². The summed E-state index contributed by atoms with van der Waals surface area (Å²) in [5.41, 5.74) is 1.18. The Kier molecular flexibility index (Phi) is 4.72. The fourth-order valence-corrected chi connectivity index (χ4v) is 4.15. The second kappa shape index (κ2) is 7.12. The molecule has 1 aliphatic carbocycles. The van der Waals surface area contributed by atoms with Crippen LogP contribution in [0.3, 0.4) is 0 Å². The monoisotopic (exact) mass is 326 g/mol. The molecule has 2 aliphatic rings. The molecule has 0 aromatic heterocycles. The van der Waals surface area contributed by atoms with Crippen LogP contribution >= 0.6 is 0 Å². The summed E-state index contributed by atoms with van der Waals surface area (Å²) < 4.78 is 12.0. The van der Waals surface area contributed by atoms with Gasteiger partial charge in [-0.15, -0.1) is 0 Å². The van der Waals surface area contributed by atoms with Crippen molar-refractivity contribution in [1.29, 1.82) is 0 Å². The molecule has 2 fully saturated rings. The fraction of sp³-hybridized carbons (Fsp3) is 0.524. The summed E-state index contributed by atoms with van der Waals surface area (Å²) in [6.07, 6.45) is 6.97. The minimum absolute atomic E-state index is 0.153. The molecule has 3 heteroatoms. The van der Waals surface area contributed by atoms with Crippen molar-refractivity contribution in [2.75, 3.05) is 6.61 Å². The first kappa shape index (κ1) is 15.9. The number of fused-ring (bicyclic) bond motifs is 1. The number of benzene rings is 2. The van der Waals surface area contributed by atoms with E-state index in [4.69, 9.17) is 9.47 Å². The SMILES string of the molecule is O[C@H]1CCCC[C@H]1c1c(O[C@H]2CCCCO2)ccc2ccccc12. The Hall–Kier alpha value is -1.58. The van der Waals surface area contributed by atoms with Crippen LogP contribution in [-0.4, -0.2) is 24.1 Å². The Morgan fingerprint density at radius 2 is 1.75 bits per heavy atom. The average Bonchev–Trinajstić information content (AvgIpc) is 2.63. The zero-order valence-electron chi connectivity index (χ0n) is 14.1. The summed E-state index contributed by atoms with van der Waals surface area (Å²) in [4.78, 5) is 0. The molecule has 2 aromatic carbocycles. The normalized spacial score (nSPS) is 28.0. The van der Waals surface area contributed by atoms with Crippen LogP contribution in [0.5, 0.6) is 5.75 Å². The van der Waals surface area contributed by atoms with Gasteiger partial charge in [0.15, 0.2) is 6.29 Å². The maximum atomic E-state index is 10.6. The first-order valence-electron chi connectivity index (χ1n) is 9.31. The van der Waals surface area contributed by atoms with Crippen molar-refractivity contribution in [3.8, 4) is 5.75 Å².